The number of fused-ring (bicyclic) bond motifs is 10. The van der Waals surface area contributed by atoms with E-state index < -0.39 is 51.5 Å². The second kappa shape index (κ2) is 10.1. The van der Waals surface area contributed by atoms with E-state index in [0.717, 1.165) is 0 Å². The van der Waals surface area contributed by atoms with Crippen molar-refractivity contribution in [3.8, 4) is 23.0 Å². The van der Waals surface area contributed by atoms with Gasteiger partial charge in [0.25, 0.3) is 22.9 Å². The van der Waals surface area contributed by atoms with Gasteiger partial charge in [0.15, 0.2) is 22.5 Å². The Morgan fingerprint density at radius 2 is 0.803 bits per heavy atom. The monoisotopic (exact) mass is 844 g/mol. The SMILES string of the molecule is CO[C@]1(C)OC2=C(OC1(C)C)C1=[N+]3C2=Nc2c4c(c5n2C32n3c(c6c(c3=N5)O[C@@](C)(OC)C(C)(C)O6)=NC3=[N+]2C(=N1)C1=C3OC(C)(C)C(C)(C)O1)O[C@@](C)(OC)[C@](C)(OC)O4. The maximum Gasteiger partial charge on any atom is 0.403 e. The van der Waals surface area contributed by atoms with Crippen molar-refractivity contribution in [1.82, 2.24) is 9.13 Å². The van der Waals surface area contributed by atoms with Gasteiger partial charge in [0.1, 0.15) is 11.2 Å². The van der Waals surface area contributed by atoms with E-state index in [1.165, 1.54) is 14.2 Å². The van der Waals surface area contributed by atoms with Gasteiger partial charge in [-0.2, -0.15) is 0 Å². The van der Waals surface area contributed by atoms with Crippen LogP contribution in [0.1, 0.15) is 83.1 Å². The van der Waals surface area contributed by atoms with Crippen LogP contribution in [0.25, 0.3) is 0 Å². The molecule has 1 unspecified atom stereocenters. The molecule has 0 amide bonds. The normalized spacial score (nSPS) is 35.6. The van der Waals surface area contributed by atoms with Gasteiger partial charge < -0.3 is 56.8 Å². The van der Waals surface area contributed by atoms with Crippen molar-refractivity contribution >= 4 is 35.0 Å². The molecule has 0 saturated heterocycles. The molecule has 12 heterocycles. The van der Waals surface area contributed by atoms with Crippen LogP contribution in [0.15, 0.2) is 43.0 Å². The summed E-state index contributed by atoms with van der Waals surface area (Å²) in [4.78, 5) is 21.5. The number of ether oxygens (including phenoxy) is 12. The lowest BCUT2D eigenvalue weighted by Gasteiger charge is -2.45. The largest absolute Gasteiger partial charge is 0.474 e. The first-order valence-electron chi connectivity index (χ1n) is 20.2. The van der Waals surface area contributed by atoms with Crippen LogP contribution in [-0.2, 0) is 43.8 Å². The van der Waals surface area contributed by atoms with Crippen molar-refractivity contribution < 1.29 is 66.0 Å². The van der Waals surface area contributed by atoms with Gasteiger partial charge in [-0.3, -0.25) is 0 Å². The lowest BCUT2D eigenvalue weighted by Crippen LogP contribution is -2.71. The molecule has 2 aromatic rings. The highest BCUT2D eigenvalue weighted by Gasteiger charge is 2.76. The summed E-state index contributed by atoms with van der Waals surface area (Å²) in [6.07, 6.45) is 0. The van der Waals surface area contributed by atoms with Gasteiger partial charge >= 0.3 is 29.3 Å². The topological polar surface area (TPSA) is 176 Å². The van der Waals surface area contributed by atoms with Crippen molar-refractivity contribution in [2.45, 2.75) is 135 Å². The third kappa shape index (κ3) is 3.67. The molecule has 0 saturated carbocycles. The summed E-state index contributed by atoms with van der Waals surface area (Å²) in [6.45, 7) is 22.6. The summed E-state index contributed by atoms with van der Waals surface area (Å²) in [5.74, 6) is -2.76. The molecule has 20 heteroatoms. The van der Waals surface area contributed by atoms with Crippen molar-refractivity contribution in [1.29, 1.82) is 0 Å². The second-order valence-corrected chi connectivity index (χ2v) is 19.1. The molecule has 0 aromatic carbocycles. The molecular weight excluding hydrogens is 796 g/mol. The molecule has 10 aliphatic rings. The van der Waals surface area contributed by atoms with E-state index >= 15 is 0 Å². The van der Waals surface area contributed by atoms with Crippen LogP contribution >= 0.6 is 0 Å². The van der Waals surface area contributed by atoms with E-state index in [1.54, 1.807) is 28.1 Å². The Morgan fingerprint density at radius 1 is 0.393 bits per heavy atom. The lowest BCUT2D eigenvalue weighted by atomic mass is 9.88. The van der Waals surface area contributed by atoms with E-state index in [4.69, 9.17) is 76.8 Å². The van der Waals surface area contributed by atoms with Gasteiger partial charge in [0.2, 0.25) is 57.6 Å². The minimum atomic E-state index is -1.65. The summed E-state index contributed by atoms with van der Waals surface area (Å²) < 4.78 is 87.4. The Hall–Kier alpha value is -5.44. The Kier molecular flexibility index (Phi) is 6.17. The molecule has 12 rings (SSSR count). The molecule has 0 radical (unpaired) electrons. The fourth-order valence-corrected chi connectivity index (χ4v) is 9.40. The van der Waals surface area contributed by atoms with Crippen LogP contribution in [0.2, 0.25) is 0 Å². The first kappa shape index (κ1) is 37.3. The highest BCUT2D eigenvalue weighted by molar-refractivity contribution is 6.20. The van der Waals surface area contributed by atoms with Crippen LogP contribution < -0.4 is 29.9 Å². The van der Waals surface area contributed by atoms with E-state index in [-0.39, 0.29) is 23.0 Å². The van der Waals surface area contributed by atoms with Gasteiger partial charge in [-0.15, -0.1) is 9.15 Å². The molecular formula is C41H48N8O12+2. The fourth-order valence-electron chi connectivity index (χ4n) is 9.40. The Balaban J connectivity index is 1.28. The zero-order valence-corrected chi connectivity index (χ0v) is 37.0. The average Bonchev–Trinajstić information content (AvgIpc) is 3.86. The molecule has 0 bridgehead atoms. The predicted octanol–water partition coefficient (Wildman–Crippen LogP) is 3.23. The van der Waals surface area contributed by atoms with Gasteiger partial charge in [-0.05, 0) is 55.4 Å². The average molecular weight is 845 g/mol. The quantitative estimate of drug-likeness (QED) is 0.412. The number of methoxy groups -OCH3 is 4. The standard InChI is InChI=1S/C41H48N8O12/c1-33(2)34(3,4)55-18-17(54-33)25-42-27-19-21(58-37(9,50-13)35(5,6)56-19)29-44-31-23-24(61-40(12,53-16)39(11,52-15)60-23)32-45-30-22-20(57-36(7,8)38(10,51-14)59-22)28-43-26(18)46(25)41(47(27)29,48(28)30)49(31)32/h1-16H3/q+2/t37-,38-,39-,40-/m1/s1. The van der Waals surface area contributed by atoms with Crippen molar-refractivity contribution in [3.05, 3.63) is 34.0 Å². The summed E-state index contributed by atoms with van der Waals surface area (Å²) >= 11 is 0. The number of aromatic nitrogens is 2. The molecule has 10 aliphatic heterocycles. The highest BCUT2D eigenvalue weighted by Crippen LogP contribution is 2.62. The highest BCUT2D eigenvalue weighted by atomic mass is 16.8. The molecule has 0 N–H and O–H groups in total. The number of hydrogen-bond acceptors (Lipinski definition) is 16. The molecule has 20 nitrogen and oxygen atoms in total. The summed E-state index contributed by atoms with van der Waals surface area (Å²) in [5.41, 5.74) is -3.05. The van der Waals surface area contributed by atoms with Crippen molar-refractivity contribution in [2.24, 2.45) is 20.0 Å². The predicted molar refractivity (Wildman–Crippen MR) is 208 cm³/mol. The first-order valence-corrected chi connectivity index (χ1v) is 20.2. The van der Waals surface area contributed by atoms with Crippen LogP contribution in [0.5, 0.6) is 23.0 Å². The fraction of sp³-hybridized carbons (Fsp3) is 0.610. The van der Waals surface area contributed by atoms with E-state index in [9.17, 15) is 0 Å². The molecule has 322 valence electrons. The Bertz CT molecular complexity index is 2910. The molecule has 1 spiro atoms. The van der Waals surface area contributed by atoms with Crippen LogP contribution in [0.3, 0.4) is 0 Å². The lowest BCUT2D eigenvalue weighted by molar-refractivity contribution is -0.793. The number of nitrogens with zero attached hydrogens (tertiary/aromatic N) is 8. The minimum Gasteiger partial charge on any atom is -0.474 e. The smallest absolute Gasteiger partial charge is 0.403 e. The van der Waals surface area contributed by atoms with Crippen molar-refractivity contribution in [2.75, 3.05) is 28.4 Å². The summed E-state index contributed by atoms with van der Waals surface area (Å²) in [5, 5.41) is 0. The first-order chi connectivity index (χ1) is 28.4. The second-order valence-electron chi connectivity index (χ2n) is 19.1. The van der Waals surface area contributed by atoms with E-state index in [1.807, 2.05) is 87.5 Å². The number of amidine groups is 4. The summed E-state index contributed by atoms with van der Waals surface area (Å²) in [6, 6.07) is 0. The zero-order valence-electron chi connectivity index (χ0n) is 37.0. The van der Waals surface area contributed by atoms with Gasteiger partial charge in [0.05, 0.1) is 0 Å². The Morgan fingerprint density at radius 3 is 1.38 bits per heavy atom. The van der Waals surface area contributed by atoms with Crippen LogP contribution in [-0.4, -0.2) is 116 Å². The molecule has 5 atom stereocenters. The molecule has 2 aromatic heterocycles. The molecule has 0 fully saturated rings. The summed E-state index contributed by atoms with van der Waals surface area (Å²) in [7, 11) is 6.19. The van der Waals surface area contributed by atoms with E-state index in [2.05, 4.69) is 0 Å². The van der Waals surface area contributed by atoms with E-state index in [0.29, 0.717) is 69.0 Å². The third-order valence-electron chi connectivity index (χ3n) is 14.8. The van der Waals surface area contributed by atoms with Crippen LogP contribution in [0, 0.1) is 0 Å². The van der Waals surface area contributed by atoms with Crippen molar-refractivity contribution in [3.63, 3.8) is 0 Å². The third-order valence-corrected chi connectivity index (χ3v) is 14.8. The maximum absolute atomic E-state index is 7.00. The van der Waals surface area contributed by atoms with Gasteiger partial charge in [0, 0.05) is 56.1 Å². The van der Waals surface area contributed by atoms with Crippen LogP contribution in [0.4, 0.5) is 11.6 Å². The maximum atomic E-state index is 7.00. The molecule has 61 heavy (non-hydrogen) atoms. The Labute approximate surface area is 349 Å². The van der Waals surface area contributed by atoms with Gasteiger partial charge in [-0.25, -0.2) is 14.1 Å². The number of aliphatic imine (C=N–C) groups is 2. The number of hydrogen-bond donors (Lipinski definition) is 0. The molecule has 0 aliphatic carbocycles. The van der Waals surface area contributed by atoms with Gasteiger partial charge in [-0.1, -0.05) is 15.0 Å². The number of rotatable bonds is 4. The minimum absolute atomic E-state index is 0.224. The zero-order chi connectivity index (χ0) is 43.4.